The number of piperazine rings is 1. The second kappa shape index (κ2) is 7.91. The Bertz CT molecular complexity index is 1060. The van der Waals surface area contributed by atoms with Gasteiger partial charge in [-0.1, -0.05) is 36.4 Å². The first-order valence-electron chi connectivity index (χ1n) is 10.5. The molecule has 7 heteroatoms. The van der Waals surface area contributed by atoms with E-state index in [1.165, 1.54) is 0 Å². The molecule has 2 fully saturated rings. The Balaban J connectivity index is 1.22. The third-order valence-electron chi connectivity index (χ3n) is 6.22. The molecule has 2 amide bonds. The van der Waals surface area contributed by atoms with Gasteiger partial charge in [-0.05, 0) is 24.6 Å². The zero-order valence-electron chi connectivity index (χ0n) is 16.8. The van der Waals surface area contributed by atoms with Crippen LogP contribution in [-0.2, 0) is 11.3 Å². The maximum Gasteiger partial charge on any atom is 0.254 e. The first kappa shape index (κ1) is 18.8. The van der Waals surface area contributed by atoms with Crippen molar-refractivity contribution in [2.45, 2.75) is 25.0 Å². The van der Waals surface area contributed by atoms with Crippen molar-refractivity contribution in [3.8, 4) is 0 Å². The van der Waals surface area contributed by atoms with E-state index in [9.17, 15) is 9.59 Å². The second-order valence-electron chi connectivity index (χ2n) is 8.08. The molecule has 2 aromatic carbocycles. The van der Waals surface area contributed by atoms with Crippen LogP contribution in [0.2, 0.25) is 0 Å². The Kier molecular flexibility index (Phi) is 4.96. The van der Waals surface area contributed by atoms with Crippen LogP contribution in [0, 0.1) is 0 Å². The lowest BCUT2D eigenvalue weighted by Gasteiger charge is -2.40. The molecule has 0 radical (unpaired) electrons. The smallest absolute Gasteiger partial charge is 0.254 e. The molecule has 30 heavy (non-hydrogen) atoms. The molecule has 2 bridgehead atoms. The zero-order chi connectivity index (χ0) is 20.5. The maximum absolute atomic E-state index is 13.0. The molecule has 3 heterocycles. The quantitative estimate of drug-likeness (QED) is 0.705. The van der Waals surface area contributed by atoms with Crippen LogP contribution in [0.1, 0.15) is 16.8 Å². The SMILES string of the molecule is O=C(Cn1ncc2ccccc21)NC[C@@H]1CN(C(=O)c2ccccc2)[C@H]2CCN1C2. The summed E-state index contributed by atoms with van der Waals surface area (Å²) in [6.45, 7) is 3.21. The lowest BCUT2D eigenvalue weighted by molar-refractivity contribution is -0.122. The second-order valence-corrected chi connectivity index (χ2v) is 8.08. The molecule has 3 aromatic rings. The van der Waals surface area contributed by atoms with Gasteiger partial charge in [-0.2, -0.15) is 5.10 Å². The summed E-state index contributed by atoms with van der Waals surface area (Å²) in [5, 5.41) is 8.41. The van der Waals surface area contributed by atoms with Gasteiger partial charge in [0.2, 0.25) is 5.91 Å². The molecule has 1 unspecified atom stereocenters. The number of benzene rings is 2. The topological polar surface area (TPSA) is 70.5 Å². The average Bonchev–Trinajstić information content (AvgIpc) is 3.39. The van der Waals surface area contributed by atoms with Gasteiger partial charge in [0.1, 0.15) is 6.54 Å². The zero-order valence-corrected chi connectivity index (χ0v) is 16.8. The number of nitrogens with zero attached hydrogens (tertiary/aromatic N) is 4. The van der Waals surface area contributed by atoms with E-state index in [0.29, 0.717) is 13.1 Å². The van der Waals surface area contributed by atoms with Crippen molar-refractivity contribution in [1.82, 2.24) is 24.9 Å². The van der Waals surface area contributed by atoms with Crippen molar-refractivity contribution in [3.05, 3.63) is 66.4 Å². The predicted octanol–water partition coefficient (Wildman–Crippen LogP) is 1.75. The molecule has 7 nitrogen and oxygen atoms in total. The van der Waals surface area contributed by atoms with Crippen LogP contribution in [0.15, 0.2) is 60.8 Å². The molecule has 154 valence electrons. The van der Waals surface area contributed by atoms with Crippen LogP contribution in [0.25, 0.3) is 10.9 Å². The fourth-order valence-electron chi connectivity index (χ4n) is 4.61. The van der Waals surface area contributed by atoms with Crippen LogP contribution in [0.5, 0.6) is 0 Å². The third-order valence-corrected chi connectivity index (χ3v) is 6.22. The molecule has 0 spiro atoms. The van der Waals surface area contributed by atoms with Crippen molar-refractivity contribution in [2.75, 3.05) is 26.2 Å². The number of nitrogens with one attached hydrogen (secondary N) is 1. The number of fused-ring (bicyclic) bond motifs is 3. The molecular formula is C23H25N5O2. The van der Waals surface area contributed by atoms with Gasteiger partial charge in [0.25, 0.3) is 5.91 Å². The molecule has 0 saturated carbocycles. The highest BCUT2D eigenvalue weighted by molar-refractivity contribution is 5.94. The molecule has 1 aromatic heterocycles. The van der Waals surface area contributed by atoms with Crippen LogP contribution in [-0.4, -0.2) is 69.7 Å². The van der Waals surface area contributed by atoms with E-state index in [0.717, 1.165) is 36.0 Å². The lowest BCUT2D eigenvalue weighted by atomic mass is 10.1. The molecule has 2 aliphatic rings. The van der Waals surface area contributed by atoms with Crippen LogP contribution < -0.4 is 5.32 Å². The van der Waals surface area contributed by atoms with Gasteiger partial charge >= 0.3 is 0 Å². The highest BCUT2D eigenvalue weighted by Gasteiger charge is 2.40. The van der Waals surface area contributed by atoms with Crippen molar-refractivity contribution in [2.24, 2.45) is 0 Å². The predicted molar refractivity (Wildman–Crippen MR) is 114 cm³/mol. The fourth-order valence-corrected chi connectivity index (χ4v) is 4.61. The van der Waals surface area contributed by atoms with Crippen LogP contribution >= 0.6 is 0 Å². The number of para-hydroxylation sites is 1. The van der Waals surface area contributed by atoms with Gasteiger partial charge in [-0.3, -0.25) is 19.2 Å². The van der Waals surface area contributed by atoms with Gasteiger partial charge in [0, 0.05) is 49.2 Å². The summed E-state index contributed by atoms with van der Waals surface area (Å²) in [7, 11) is 0. The number of carbonyl (C=O) groups excluding carboxylic acids is 2. The average molecular weight is 403 g/mol. The minimum Gasteiger partial charge on any atom is -0.353 e. The van der Waals surface area contributed by atoms with Gasteiger partial charge in [0.15, 0.2) is 0 Å². The first-order chi connectivity index (χ1) is 14.7. The summed E-state index contributed by atoms with van der Waals surface area (Å²) < 4.78 is 1.72. The maximum atomic E-state index is 13.0. The highest BCUT2D eigenvalue weighted by Crippen LogP contribution is 2.26. The van der Waals surface area contributed by atoms with E-state index in [-0.39, 0.29) is 30.4 Å². The Morgan fingerprint density at radius 1 is 1.03 bits per heavy atom. The summed E-state index contributed by atoms with van der Waals surface area (Å²) >= 11 is 0. The fraction of sp³-hybridized carbons (Fsp3) is 0.348. The number of amides is 2. The molecule has 3 atom stereocenters. The monoisotopic (exact) mass is 403 g/mol. The van der Waals surface area contributed by atoms with Crippen molar-refractivity contribution in [1.29, 1.82) is 0 Å². The minimum absolute atomic E-state index is 0.0638. The number of carbonyl (C=O) groups is 2. The summed E-state index contributed by atoms with van der Waals surface area (Å²) in [4.78, 5) is 30.0. The van der Waals surface area contributed by atoms with Crippen molar-refractivity contribution < 1.29 is 9.59 Å². The standard InChI is InChI=1S/C23H25N5O2/c29-22(16-28-21-9-5-4-8-18(21)12-25-28)24-13-20-15-27(19-10-11-26(20)14-19)23(30)17-6-2-1-3-7-17/h1-9,12,19-20H,10-11,13-16H2,(H,24,29)/t19-,20+/m0/s1. The normalized spacial score (nSPS) is 22.9. The first-order valence-corrected chi connectivity index (χ1v) is 10.5. The molecule has 1 N–H and O–H groups in total. The van der Waals surface area contributed by atoms with Crippen molar-refractivity contribution in [3.63, 3.8) is 0 Å². The Morgan fingerprint density at radius 2 is 1.83 bits per heavy atom. The van der Waals surface area contributed by atoms with E-state index >= 15 is 0 Å². The summed E-state index contributed by atoms with van der Waals surface area (Å²) in [5.74, 6) is 0.0209. The van der Waals surface area contributed by atoms with E-state index in [1.54, 1.807) is 10.9 Å². The number of aromatic nitrogens is 2. The largest absolute Gasteiger partial charge is 0.353 e. The van der Waals surface area contributed by atoms with Crippen molar-refractivity contribution >= 4 is 22.7 Å². The molecular weight excluding hydrogens is 378 g/mol. The summed E-state index contributed by atoms with van der Waals surface area (Å²) in [5.41, 5.74) is 1.68. The number of hydrogen-bond donors (Lipinski definition) is 1. The minimum atomic E-state index is -0.0638. The van der Waals surface area contributed by atoms with E-state index in [4.69, 9.17) is 0 Å². The van der Waals surface area contributed by atoms with Crippen LogP contribution in [0.4, 0.5) is 0 Å². The molecule has 5 rings (SSSR count). The molecule has 2 saturated heterocycles. The van der Waals surface area contributed by atoms with E-state index < -0.39 is 0 Å². The number of rotatable bonds is 5. The number of hydrogen-bond acceptors (Lipinski definition) is 4. The van der Waals surface area contributed by atoms with Gasteiger partial charge in [-0.25, -0.2) is 0 Å². The Morgan fingerprint density at radius 3 is 2.70 bits per heavy atom. The van der Waals surface area contributed by atoms with Crippen LogP contribution in [0.3, 0.4) is 0 Å². The van der Waals surface area contributed by atoms with Gasteiger partial charge in [0.05, 0.1) is 11.7 Å². The highest BCUT2D eigenvalue weighted by atomic mass is 16.2. The molecule has 0 aliphatic carbocycles. The summed E-state index contributed by atoms with van der Waals surface area (Å²) in [6, 6.07) is 17.7. The third kappa shape index (κ3) is 3.57. The lowest BCUT2D eigenvalue weighted by Crippen LogP contribution is -2.57. The van der Waals surface area contributed by atoms with E-state index in [2.05, 4.69) is 15.3 Å². The Labute approximate surface area is 175 Å². The molecule has 2 aliphatic heterocycles. The van der Waals surface area contributed by atoms with E-state index in [1.807, 2.05) is 59.5 Å². The van der Waals surface area contributed by atoms with Gasteiger partial charge < -0.3 is 10.2 Å². The Hall–Kier alpha value is -3.19. The summed E-state index contributed by atoms with van der Waals surface area (Å²) in [6.07, 6.45) is 2.77. The van der Waals surface area contributed by atoms with Gasteiger partial charge in [-0.15, -0.1) is 0 Å².